The standard InChI is InChI=1S/C18H16BrCl2N3O4S/c1-27-12-4-6-17(16(8-12)28-2)29(25,26)23-18-13(19)10-24(22-18)9-11-3-5-14(20)15(21)7-11/h3-8,10H,9H2,1-2H3,(H,22,23). The summed E-state index contributed by atoms with van der Waals surface area (Å²) in [4.78, 5) is -0.0354. The molecule has 1 heterocycles. The molecule has 1 aromatic heterocycles. The maximum Gasteiger partial charge on any atom is 0.266 e. The molecule has 0 aliphatic carbocycles. The molecule has 1 N–H and O–H groups in total. The van der Waals surface area contributed by atoms with Crippen LogP contribution in [0.4, 0.5) is 5.82 Å². The van der Waals surface area contributed by atoms with Gasteiger partial charge in [0, 0.05) is 12.3 Å². The Labute approximate surface area is 186 Å². The lowest BCUT2D eigenvalue weighted by Gasteiger charge is -2.11. The molecule has 0 atom stereocenters. The number of anilines is 1. The van der Waals surface area contributed by atoms with Crippen LogP contribution in [0.1, 0.15) is 5.56 Å². The van der Waals surface area contributed by atoms with Crippen molar-refractivity contribution >= 4 is 55.0 Å². The molecule has 0 amide bonds. The number of aromatic nitrogens is 2. The second kappa shape index (κ2) is 8.83. The monoisotopic (exact) mass is 519 g/mol. The predicted octanol–water partition coefficient (Wildman–Crippen LogP) is 4.82. The minimum atomic E-state index is -3.95. The number of halogens is 3. The number of hydrogen-bond donors (Lipinski definition) is 1. The summed E-state index contributed by atoms with van der Waals surface area (Å²) >= 11 is 15.3. The number of hydrogen-bond acceptors (Lipinski definition) is 5. The highest BCUT2D eigenvalue weighted by Gasteiger charge is 2.23. The summed E-state index contributed by atoms with van der Waals surface area (Å²) in [5, 5.41) is 5.19. The fraction of sp³-hybridized carbons (Fsp3) is 0.167. The van der Waals surface area contributed by atoms with Gasteiger partial charge in [0.25, 0.3) is 10.0 Å². The van der Waals surface area contributed by atoms with Crippen molar-refractivity contribution < 1.29 is 17.9 Å². The Kier molecular flexibility index (Phi) is 6.62. The van der Waals surface area contributed by atoms with Crippen molar-refractivity contribution in [3.05, 3.63) is 62.7 Å². The Morgan fingerprint density at radius 2 is 1.86 bits per heavy atom. The van der Waals surface area contributed by atoms with E-state index in [4.69, 9.17) is 32.7 Å². The van der Waals surface area contributed by atoms with Gasteiger partial charge in [0.1, 0.15) is 16.4 Å². The third-order valence-corrected chi connectivity index (χ3v) is 6.63. The molecule has 3 aromatic rings. The van der Waals surface area contributed by atoms with E-state index in [9.17, 15) is 8.42 Å². The lowest BCUT2D eigenvalue weighted by Crippen LogP contribution is -2.15. The zero-order chi connectivity index (χ0) is 21.2. The first-order valence-corrected chi connectivity index (χ1v) is 11.2. The molecule has 0 radical (unpaired) electrons. The second-order valence-corrected chi connectivity index (χ2v) is 9.21. The molecule has 0 saturated carbocycles. The van der Waals surface area contributed by atoms with Crippen LogP contribution in [0.5, 0.6) is 11.5 Å². The highest BCUT2D eigenvalue weighted by atomic mass is 79.9. The first kappa shape index (κ1) is 21.8. The van der Waals surface area contributed by atoms with Crippen LogP contribution in [0.15, 0.2) is 52.0 Å². The zero-order valence-electron chi connectivity index (χ0n) is 15.3. The smallest absolute Gasteiger partial charge is 0.266 e. The van der Waals surface area contributed by atoms with E-state index in [1.54, 1.807) is 23.0 Å². The van der Waals surface area contributed by atoms with Gasteiger partial charge in [-0.05, 0) is 45.8 Å². The first-order valence-electron chi connectivity index (χ1n) is 8.15. The van der Waals surface area contributed by atoms with Crippen molar-refractivity contribution in [1.82, 2.24) is 9.78 Å². The van der Waals surface area contributed by atoms with E-state index in [-0.39, 0.29) is 16.5 Å². The number of sulfonamides is 1. The number of methoxy groups -OCH3 is 2. The maximum absolute atomic E-state index is 12.8. The second-order valence-electron chi connectivity index (χ2n) is 5.89. The molecular formula is C18H16BrCl2N3O4S. The largest absolute Gasteiger partial charge is 0.497 e. The molecule has 0 spiro atoms. The first-order chi connectivity index (χ1) is 13.7. The summed E-state index contributed by atoms with van der Waals surface area (Å²) in [6.45, 7) is 0.378. The lowest BCUT2D eigenvalue weighted by atomic mass is 10.2. The van der Waals surface area contributed by atoms with E-state index in [0.717, 1.165) is 5.56 Å². The number of rotatable bonds is 7. The van der Waals surface area contributed by atoms with Crippen molar-refractivity contribution in [1.29, 1.82) is 0 Å². The number of nitrogens with zero attached hydrogens (tertiary/aromatic N) is 2. The molecule has 0 unspecified atom stereocenters. The van der Waals surface area contributed by atoms with Crippen LogP contribution in [0.2, 0.25) is 10.0 Å². The van der Waals surface area contributed by atoms with Gasteiger partial charge in [-0.15, -0.1) is 0 Å². The van der Waals surface area contributed by atoms with Gasteiger partial charge in [-0.3, -0.25) is 9.40 Å². The van der Waals surface area contributed by atoms with Crippen molar-refractivity contribution in [3.8, 4) is 11.5 Å². The molecule has 29 heavy (non-hydrogen) atoms. The van der Waals surface area contributed by atoms with E-state index in [2.05, 4.69) is 25.8 Å². The van der Waals surface area contributed by atoms with Crippen molar-refractivity contribution in [2.24, 2.45) is 0 Å². The molecule has 2 aromatic carbocycles. The minimum Gasteiger partial charge on any atom is -0.497 e. The molecule has 0 aliphatic heterocycles. The Morgan fingerprint density at radius 3 is 2.52 bits per heavy atom. The van der Waals surface area contributed by atoms with E-state index in [1.165, 1.54) is 32.4 Å². The van der Waals surface area contributed by atoms with Crippen LogP contribution < -0.4 is 14.2 Å². The van der Waals surface area contributed by atoms with E-state index >= 15 is 0 Å². The Balaban J connectivity index is 1.85. The van der Waals surface area contributed by atoms with Gasteiger partial charge in [0.2, 0.25) is 0 Å². The average molecular weight is 521 g/mol. The van der Waals surface area contributed by atoms with E-state index < -0.39 is 10.0 Å². The molecule has 0 saturated heterocycles. The summed E-state index contributed by atoms with van der Waals surface area (Å²) in [5.74, 6) is 0.777. The van der Waals surface area contributed by atoms with Gasteiger partial charge in [0.15, 0.2) is 5.82 Å². The van der Waals surface area contributed by atoms with Crippen molar-refractivity contribution in [2.45, 2.75) is 11.4 Å². The Morgan fingerprint density at radius 1 is 1.10 bits per heavy atom. The SMILES string of the molecule is COc1ccc(S(=O)(=O)Nc2nn(Cc3ccc(Cl)c(Cl)c3)cc2Br)c(OC)c1. The summed E-state index contributed by atoms with van der Waals surface area (Å²) < 4.78 is 40.5. The van der Waals surface area contributed by atoms with Gasteiger partial charge < -0.3 is 9.47 Å². The van der Waals surface area contributed by atoms with Crippen molar-refractivity contribution in [3.63, 3.8) is 0 Å². The topological polar surface area (TPSA) is 82.5 Å². The molecule has 7 nitrogen and oxygen atoms in total. The van der Waals surface area contributed by atoms with Gasteiger partial charge >= 0.3 is 0 Å². The Hall–Kier alpha value is -1.94. The quantitative estimate of drug-likeness (QED) is 0.483. The van der Waals surface area contributed by atoms with Gasteiger partial charge in [0.05, 0.1) is 35.3 Å². The molecule has 0 aliphatic rings. The number of benzene rings is 2. The third kappa shape index (κ3) is 4.98. The number of ether oxygens (including phenoxy) is 2. The molecule has 3 rings (SSSR count). The normalized spacial score (nSPS) is 11.3. The van der Waals surface area contributed by atoms with Crippen LogP contribution in [0.3, 0.4) is 0 Å². The summed E-state index contributed by atoms with van der Waals surface area (Å²) in [5.41, 5.74) is 0.862. The molecular weight excluding hydrogens is 505 g/mol. The predicted molar refractivity (Wildman–Crippen MR) is 116 cm³/mol. The van der Waals surface area contributed by atoms with Crippen LogP contribution in [-0.4, -0.2) is 32.4 Å². The maximum atomic E-state index is 12.8. The average Bonchev–Trinajstić information content (AvgIpc) is 3.02. The molecule has 154 valence electrons. The molecule has 0 bridgehead atoms. The van der Waals surface area contributed by atoms with Crippen molar-refractivity contribution in [2.75, 3.05) is 18.9 Å². The van der Waals surface area contributed by atoms with Gasteiger partial charge in [-0.25, -0.2) is 8.42 Å². The highest BCUT2D eigenvalue weighted by Crippen LogP contribution is 2.31. The van der Waals surface area contributed by atoms with E-state index in [1.807, 2.05) is 6.07 Å². The fourth-order valence-corrected chi connectivity index (χ4v) is 4.59. The minimum absolute atomic E-state index is 0.0354. The third-order valence-electron chi connectivity index (χ3n) is 3.94. The zero-order valence-corrected chi connectivity index (χ0v) is 19.2. The van der Waals surface area contributed by atoms with Crippen LogP contribution >= 0.6 is 39.1 Å². The summed E-state index contributed by atoms with van der Waals surface area (Å²) in [6, 6.07) is 9.67. The van der Waals surface area contributed by atoms with Gasteiger partial charge in [-0.1, -0.05) is 29.3 Å². The lowest BCUT2D eigenvalue weighted by molar-refractivity contribution is 0.386. The number of nitrogens with one attached hydrogen (secondary N) is 1. The fourth-order valence-electron chi connectivity index (χ4n) is 2.55. The summed E-state index contributed by atoms with van der Waals surface area (Å²) in [7, 11) is -1.08. The highest BCUT2D eigenvalue weighted by molar-refractivity contribution is 9.10. The van der Waals surface area contributed by atoms with Crippen LogP contribution in [-0.2, 0) is 16.6 Å². The molecule has 11 heteroatoms. The van der Waals surface area contributed by atoms with Gasteiger partial charge in [-0.2, -0.15) is 5.10 Å². The van der Waals surface area contributed by atoms with Crippen LogP contribution in [0, 0.1) is 0 Å². The van der Waals surface area contributed by atoms with Crippen LogP contribution in [0.25, 0.3) is 0 Å². The van der Waals surface area contributed by atoms with E-state index in [0.29, 0.717) is 26.8 Å². The Bertz CT molecular complexity index is 1150. The summed E-state index contributed by atoms with van der Waals surface area (Å²) in [6.07, 6.45) is 1.66. The molecule has 0 fully saturated rings.